The molecular weight excluding hydrogens is 326 g/mol. The Morgan fingerprint density at radius 3 is 1.59 bits per heavy atom. The van der Waals surface area contributed by atoms with Crippen molar-refractivity contribution in [3.63, 3.8) is 0 Å². The van der Waals surface area contributed by atoms with Crippen LogP contribution in [0.1, 0.15) is 11.1 Å². The minimum Gasteiger partial charge on any atom is -0.369 e. The van der Waals surface area contributed by atoms with Crippen LogP contribution in [0.25, 0.3) is 0 Å². The summed E-state index contributed by atoms with van der Waals surface area (Å²) < 4.78 is 76.2. The molecule has 0 heterocycles. The van der Waals surface area contributed by atoms with Gasteiger partial charge >= 0.3 is 12.4 Å². The Balaban J connectivity index is 3.29. The molecule has 0 bridgehead atoms. The molecule has 0 amide bonds. The van der Waals surface area contributed by atoms with Gasteiger partial charge in [-0.2, -0.15) is 26.3 Å². The zero-order valence-electron chi connectivity index (χ0n) is 12.0. The molecule has 0 unspecified atom stereocenters. The van der Waals surface area contributed by atoms with Crippen molar-refractivity contribution in [3.05, 3.63) is 35.4 Å². The SMILES string of the molecule is C[Si](C)(C)C#Cc1ccc(C(O)(C(F)(F)F)C(F)(F)F)cc1. The van der Waals surface area contributed by atoms with Gasteiger partial charge in [-0.25, -0.2) is 0 Å². The van der Waals surface area contributed by atoms with Crippen molar-refractivity contribution in [2.24, 2.45) is 0 Å². The van der Waals surface area contributed by atoms with E-state index in [1.54, 1.807) is 0 Å². The summed E-state index contributed by atoms with van der Waals surface area (Å²) in [7, 11) is -1.72. The highest BCUT2D eigenvalue weighted by Crippen LogP contribution is 2.49. The highest BCUT2D eigenvalue weighted by molar-refractivity contribution is 6.83. The van der Waals surface area contributed by atoms with Gasteiger partial charge in [0.05, 0.1) is 0 Å². The Labute approximate surface area is 125 Å². The van der Waals surface area contributed by atoms with E-state index in [-0.39, 0.29) is 5.56 Å². The second kappa shape index (κ2) is 5.63. The van der Waals surface area contributed by atoms with Gasteiger partial charge in [-0.05, 0) is 12.1 Å². The fraction of sp³-hybridized carbons (Fsp3) is 0.429. The molecule has 0 fully saturated rings. The van der Waals surface area contributed by atoms with E-state index in [2.05, 4.69) is 11.5 Å². The molecule has 8 heteroatoms. The molecule has 0 saturated heterocycles. The maximum absolute atomic E-state index is 12.7. The van der Waals surface area contributed by atoms with Crippen LogP contribution in [-0.4, -0.2) is 25.5 Å². The van der Waals surface area contributed by atoms with Gasteiger partial charge in [-0.15, -0.1) is 5.54 Å². The molecule has 1 N–H and O–H groups in total. The van der Waals surface area contributed by atoms with Gasteiger partial charge in [0.1, 0.15) is 8.07 Å². The molecule has 1 rings (SSSR count). The number of hydrogen-bond donors (Lipinski definition) is 1. The Kier molecular flexibility index (Phi) is 4.75. The van der Waals surface area contributed by atoms with Crippen LogP contribution in [0, 0.1) is 11.5 Å². The van der Waals surface area contributed by atoms with Gasteiger partial charge in [-0.1, -0.05) is 37.7 Å². The van der Waals surface area contributed by atoms with Crippen molar-refractivity contribution in [2.75, 3.05) is 0 Å². The zero-order chi connectivity index (χ0) is 17.4. The van der Waals surface area contributed by atoms with E-state index >= 15 is 0 Å². The number of aliphatic hydroxyl groups is 1. The molecule has 122 valence electrons. The van der Waals surface area contributed by atoms with Gasteiger partial charge in [0, 0.05) is 11.1 Å². The molecule has 1 nitrogen and oxygen atoms in total. The normalized spacial score (nSPS) is 13.5. The van der Waals surface area contributed by atoms with Crippen LogP contribution < -0.4 is 0 Å². The third-order valence-electron chi connectivity index (χ3n) is 2.71. The van der Waals surface area contributed by atoms with Gasteiger partial charge in [0.2, 0.25) is 0 Å². The molecule has 1 aromatic carbocycles. The first-order valence-corrected chi connectivity index (χ1v) is 9.68. The van der Waals surface area contributed by atoms with E-state index in [1.165, 1.54) is 0 Å². The minimum absolute atomic E-state index is 0.290. The summed E-state index contributed by atoms with van der Waals surface area (Å²) >= 11 is 0. The van der Waals surface area contributed by atoms with Crippen LogP contribution >= 0.6 is 0 Å². The van der Waals surface area contributed by atoms with Crippen LogP contribution in [0.3, 0.4) is 0 Å². The lowest BCUT2D eigenvalue weighted by atomic mass is 9.91. The highest BCUT2D eigenvalue weighted by atomic mass is 28.3. The molecule has 0 radical (unpaired) electrons. The quantitative estimate of drug-likeness (QED) is 0.461. The molecule has 0 saturated carbocycles. The third-order valence-corrected chi connectivity index (χ3v) is 3.58. The smallest absolute Gasteiger partial charge is 0.369 e. The van der Waals surface area contributed by atoms with Crippen LogP contribution in [0.2, 0.25) is 19.6 Å². The zero-order valence-corrected chi connectivity index (χ0v) is 13.0. The topological polar surface area (TPSA) is 20.2 Å². The van der Waals surface area contributed by atoms with E-state index < -0.39 is 31.6 Å². The molecule has 0 aromatic heterocycles. The number of rotatable bonds is 1. The number of benzene rings is 1. The minimum atomic E-state index is -5.88. The van der Waals surface area contributed by atoms with Crippen molar-refractivity contribution in [3.8, 4) is 11.5 Å². The lowest BCUT2D eigenvalue weighted by Gasteiger charge is -2.32. The van der Waals surface area contributed by atoms with Gasteiger partial charge in [0.25, 0.3) is 5.60 Å². The third kappa shape index (κ3) is 3.84. The van der Waals surface area contributed by atoms with Crippen molar-refractivity contribution in [2.45, 2.75) is 37.6 Å². The molecular formula is C14H14F6OSi. The number of alkyl halides is 6. The first-order valence-electron chi connectivity index (χ1n) is 6.18. The maximum atomic E-state index is 12.7. The molecule has 0 aliphatic rings. The first-order chi connectivity index (χ1) is 9.68. The Bertz CT molecular complexity index is 569. The lowest BCUT2D eigenvalue weighted by molar-refractivity contribution is -0.376. The van der Waals surface area contributed by atoms with Gasteiger partial charge in [0.15, 0.2) is 0 Å². The van der Waals surface area contributed by atoms with Crippen LogP contribution in [0.5, 0.6) is 0 Å². The molecule has 1 aromatic rings. The van der Waals surface area contributed by atoms with Gasteiger partial charge in [-0.3, -0.25) is 0 Å². The van der Waals surface area contributed by atoms with E-state index in [0.29, 0.717) is 12.1 Å². The summed E-state index contributed by atoms with van der Waals surface area (Å²) in [5.41, 5.74) is -2.96. The van der Waals surface area contributed by atoms with E-state index in [0.717, 1.165) is 12.1 Å². The number of halogens is 6. The van der Waals surface area contributed by atoms with Gasteiger partial charge < -0.3 is 5.11 Å². The summed E-state index contributed by atoms with van der Waals surface area (Å²) in [5.74, 6) is 2.71. The van der Waals surface area contributed by atoms with Crippen LogP contribution in [0.4, 0.5) is 26.3 Å². The predicted octanol–water partition coefficient (Wildman–Crippen LogP) is 4.23. The summed E-state index contributed by atoms with van der Waals surface area (Å²) in [6.07, 6.45) is -11.8. The summed E-state index contributed by atoms with van der Waals surface area (Å²) in [4.78, 5) is 0. The molecule has 0 aliphatic heterocycles. The van der Waals surface area contributed by atoms with E-state index in [9.17, 15) is 31.4 Å². The highest BCUT2D eigenvalue weighted by Gasteiger charge is 2.71. The standard InChI is InChI=1S/C14H14F6OSi/c1-22(2,3)9-8-10-4-6-11(7-5-10)12(21,13(15,16)17)14(18,19)20/h4-7,21H,1-3H3. The fourth-order valence-corrected chi connectivity index (χ4v) is 2.06. The second-order valence-corrected chi connectivity index (χ2v) is 10.5. The van der Waals surface area contributed by atoms with Crippen LogP contribution in [-0.2, 0) is 5.60 Å². The molecule has 22 heavy (non-hydrogen) atoms. The first kappa shape index (κ1) is 18.6. The van der Waals surface area contributed by atoms with Crippen molar-refractivity contribution < 1.29 is 31.4 Å². The summed E-state index contributed by atoms with van der Waals surface area (Å²) in [6, 6.07) is 3.25. The summed E-state index contributed by atoms with van der Waals surface area (Å²) in [5, 5.41) is 9.23. The van der Waals surface area contributed by atoms with Crippen LogP contribution in [0.15, 0.2) is 24.3 Å². The maximum Gasteiger partial charge on any atom is 0.430 e. The van der Waals surface area contributed by atoms with Crippen molar-refractivity contribution in [1.82, 2.24) is 0 Å². The second-order valence-electron chi connectivity index (χ2n) is 5.78. The monoisotopic (exact) mass is 340 g/mol. The lowest BCUT2D eigenvalue weighted by Crippen LogP contribution is -2.53. The molecule has 0 spiro atoms. The molecule has 0 aliphatic carbocycles. The van der Waals surface area contributed by atoms with E-state index in [1.807, 2.05) is 19.6 Å². The predicted molar refractivity (Wildman–Crippen MR) is 72.7 cm³/mol. The van der Waals surface area contributed by atoms with Crippen molar-refractivity contribution in [1.29, 1.82) is 0 Å². The Hall–Kier alpha value is -1.46. The summed E-state index contributed by atoms with van der Waals surface area (Å²) in [6.45, 7) is 5.83. The van der Waals surface area contributed by atoms with E-state index in [4.69, 9.17) is 0 Å². The average Bonchev–Trinajstić information content (AvgIpc) is 2.32. The average molecular weight is 340 g/mol. The largest absolute Gasteiger partial charge is 0.430 e. The van der Waals surface area contributed by atoms with Crippen molar-refractivity contribution >= 4 is 8.07 Å². The fourth-order valence-electron chi connectivity index (χ4n) is 1.54. The number of hydrogen-bond acceptors (Lipinski definition) is 1. The Morgan fingerprint density at radius 2 is 1.27 bits per heavy atom. The molecule has 0 atom stereocenters. The Morgan fingerprint density at radius 1 is 0.864 bits per heavy atom.